The zero-order valence-corrected chi connectivity index (χ0v) is 19.6. The van der Waals surface area contributed by atoms with E-state index in [1.165, 1.54) is 11.3 Å². The number of carbonyl (C=O) groups is 1. The SMILES string of the molecule is COc1ccc(Cl)c2sc(N(CCCN3CCOCC3)C(=O)c3ccc(Br)o3)nc12. The number of hydrogen-bond acceptors (Lipinski definition) is 7. The van der Waals surface area contributed by atoms with Gasteiger partial charge in [0.2, 0.25) is 0 Å². The summed E-state index contributed by atoms with van der Waals surface area (Å²) in [4.78, 5) is 21.9. The standard InChI is InChI=1S/C20H21BrClN3O4S/c1-27-14-4-3-13(22)18-17(14)23-20(30-18)25(19(26)15-5-6-16(21)29-15)8-2-7-24-9-11-28-12-10-24/h3-6H,2,7-12H2,1H3. The number of nitrogens with zero attached hydrogens (tertiary/aromatic N) is 3. The summed E-state index contributed by atoms with van der Waals surface area (Å²) < 4.78 is 17.6. The highest BCUT2D eigenvalue weighted by atomic mass is 79.9. The van der Waals surface area contributed by atoms with Crippen LogP contribution in [0, 0.1) is 0 Å². The quantitative estimate of drug-likeness (QED) is 0.456. The Morgan fingerprint density at radius 2 is 2.13 bits per heavy atom. The maximum Gasteiger partial charge on any atom is 0.295 e. The largest absolute Gasteiger partial charge is 0.494 e. The Bertz CT molecular complexity index is 1030. The van der Waals surface area contributed by atoms with E-state index in [9.17, 15) is 4.79 Å². The Morgan fingerprint density at radius 3 is 2.83 bits per heavy atom. The molecule has 0 aliphatic carbocycles. The van der Waals surface area contributed by atoms with Crippen LogP contribution in [0.5, 0.6) is 5.75 Å². The number of morpholine rings is 1. The average molecular weight is 515 g/mol. The molecule has 7 nitrogen and oxygen atoms in total. The van der Waals surface area contributed by atoms with Crippen LogP contribution in [0.2, 0.25) is 5.02 Å². The van der Waals surface area contributed by atoms with Crippen LogP contribution in [-0.4, -0.2) is 62.3 Å². The van der Waals surface area contributed by atoms with Crippen molar-refractivity contribution in [2.24, 2.45) is 0 Å². The minimum absolute atomic E-state index is 0.239. The number of rotatable bonds is 7. The molecule has 1 aliphatic heterocycles. The molecule has 0 unspecified atom stereocenters. The first-order valence-corrected chi connectivity index (χ1v) is 11.6. The van der Waals surface area contributed by atoms with Crippen molar-refractivity contribution in [1.82, 2.24) is 9.88 Å². The molecule has 10 heteroatoms. The molecule has 1 aromatic carbocycles. The van der Waals surface area contributed by atoms with Gasteiger partial charge in [0.15, 0.2) is 15.6 Å². The highest BCUT2D eigenvalue weighted by Crippen LogP contribution is 2.39. The second kappa shape index (κ2) is 9.65. The number of anilines is 1. The Balaban J connectivity index is 1.61. The molecule has 0 bridgehead atoms. The first kappa shape index (κ1) is 21.6. The zero-order valence-electron chi connectivity index (χ0n) is 16.4. The third-order valence-electron chi connectivity index (χ3n) is 4.89. The molecule has 2 aromatic heterocycles. The van der Waals surface area contributed by atoms with Gasteiger partial charge in [-0.1, -0.05) is 22.9 Å². The molecule has 1 fully saturated rings. The molecule has 0 N–H and O–H groups in total. The van der Waals surface area contributed by atoms with Crippen molar-refractivity contribution < 1.29 is 18.7 Å². The zero-order chi connectivity index (χ0) is 21.1. The number of thiazole rings is 1. The Kier molecular flexibility index (Phi) is 6.94. The van der Waals surface area contributed by atoms with E-state index in [1.807, 2.05) is 0 Å². The Hall–Kier alpha value is -1.65. The highest BCUT2D eigenvalue weighted by molar-refractivity contribution is 9.10. The predicted molar refractivity (Wildman–Crippen MR) is 121 cm³/mol. The van der Waals surface area contributed by atoms with E-state index in [-0.39, 0.29) is 11.7 Å². The van der Waals surface area contributed by atoms with Gasteiger partial charge in [0, 0.05) is 26.2 Å². The summed E-state index contributed by atoms with van der Waals surface area (Å²) in [6, 6.07) is 6.92. The topological polar surface area (TPSA) is 68.0 Å². The van der Waals surface area contributed by atoms with E-state index < -0.39 is 0 Å². The van der Waals surface area contributed by atoms with Gasteiger partial charge in [-0.3, -0.25) is 14.6 Å². The predicted octanol–water partition coefficient (Wildman–Crippen LogP) is 4.68. The van der Waals surface area contributed by atoms with Crippen LogP contribution in [-0.2, 0) is 4.74 Å². The average Bonchev–Trinajstić information content (AvgIpc) is 3.39. The van der Waals surface area contributed by atoms with Gasteiger partial charge in [-0.25, -0.2) is 4.98 Å². The number of halogens is 2. The molecule has 160 valence electrons. The summed E-state index contributed by atoms with van der Waals surface area (Å²) in [6.45, 7) is 4.71. The fourth-order valence-electron chi connectivity index (χ4n) is 3.34. The third-order valence-corrected chi connectivity index (χ3v) is 6.85. The summed E-state index contributed by atoms with van der Waals surface area (Å²) in [7, 11) is 1.59. The minimum Gasteiger partial charge on any atom is -0.494 e. The van der Waals surface area contributed by atoms with Gasteiger partial charge in [0.25, 0.3) is 5.91 Å². The number of fused-ring (bicyclic) bond motifs is 1. The molecule has 0 radical (unpaired) electrons. The van der Waals surface area contributed by atoms with Crippen LogP contribution in [0.1, 0.15) is 17.0 Å². The van der Waals surface area contributed by atoms with E-state index in [0.29, 0.717) is 32.6 Å². The smallest absolute Gasteiger partial charge is 0.295 e. The van der Waals surface area contributed by atoms with Crippen molar-refractivity contribution in [2.75, 3.05) is 51.4 Å². The number of hydrogen-bond donors (Lipinski definition) is 0. The lowest BCUT2D eigenvalue weighted by Gasteiger charge is -2.27. The van der Waals surface area contributed by atoms with Gasteiger partial charge in [-0.15, -0.1) is 0 Å². The lowest BCUT2D eigenvalue weighted by atomic mass is 10.3. The van der Waals surface area contributed by atoms with Crippen LogP contribution in [0.25, 0.3) is 10.2 Å². The van der Waals surface area contributed by atoms with Crippen LogP contribution >= 0.6 is 38.9 Å². The van der Waals surface area contributed by atoms with Gasteiger partial charge in [-0.2, -0.15) is 0 Å². The van der Waals surface area contributed by atoms with Crippen molar-refractivity contribution in [1.29, 1.82) is 0 Å². The maximum atomic E-state index is 13.2. The van der Waals surface area contributed by atoms with E-state index in [4.69, 9.17) is 30.5 Å². The Morgan fingerprint density at radius 1 is 1.33 bits per heavy atom. The summed E-state index contributed by atoms with van der Waals surface area (Å²) in [5.41, 5.74) is 0.650. The number of ether oxygens (including phenoxy) is 2. The lowest BCUT2D eigenvalue weighted by molar-refractivity contribution is 0.0376. The van der Waals surface area contributed by atoms with Crippen molar-refractivity contribution in [3.05, 3.63) is 39.7 Å². The molecule has 1 saturated heterocycles. The first-order valence-electron chi connectivity index (χ1n) is 9.57. The molecule has 0 spiro atoms. The van der Waals surface area contributed by atoms with Gasteiger partial charge in [0.05, 0.1) is 30.0 Å². The summed E-state index contributed by atoms with van der Waals surface area (Å²) in [5, 5.41) is 1.15. The first-order chi connectivity index (χ1) is 14.6. The van der Waals surface area contributed by atoms with Crippen molar-refractivity contribution in [2.45, 2.75) is 6.42 Å². The fourth-order valence-corrected chi connectivity index (χ4v) is 4.93. The normalized spacial score (nSPS) is 14.9. The summed E-state index contributed by atoms with van der Waals surface area (Å²) in [6.07, 6.45) is 0.800. The van der Waals surface area contributed by atoms with Crippen molar-refractivity contribution in [3.63, 3.8) is 0 Å². The molecular formula is C20H21BrClN3O4S. The third kappa shape index (κ3) is 4.65. The van der Waals surface area contributed by atoms with Crippen LogP contribution < -0.4 is 9.64 Å². The molecule has 3 aromatic rings. The number of methoxy groups -OCH3 is 1. The van der Waals surface area contributed by atoms with E-state index in [2.05, 4.69) is 20.8 Å². The summed E-state index contributed by atoms with van der Waals surface area (Å²) >= 11 is 11.0. The van der Waals surface area contributed by atoms with E-state index >= 15 is 0 Å². The van der Waals surface area contributed by atoms with E-state index in [1.54, 1.807) is 36.3 Å². The second-order valence-electron chi connectivity index (χ2n) is 6.79. The Labute approximate surface area is 191 Å². The van der Waals surface area contributed by atoms with Crippen molar-refractivity contribution in [3.8, 4) is 5.75 Å². The van der Waals surface area contributed by atoms with Crippen LogP contribution in [0.3, 0.4) is 0 Å². The number of carbonyl (C=O) groups excluding carboxylic acids is 1. The van der Waals surface area contributed by atoms with Gasteiger partial charge in [0.1, 0.15) is 11.3 Å². The molecule has 1 amide bonds. The number of amides is 1. The maximum absolute atomic E-state index is 13.2. The second-order valence-corrected chi connectivity index (χ2v) is 8.96. The van der Waals surface area contributed by atoms with Crippen LogP contribution in [0.4, 0.5) is 5.13 Å². The van der Waals surface area contributed by atoms with Gasteiger partial charge >= 0.3 is 0 Å². The molecule has 30 heavy (non-hydrogen) atoms. The molecule has 0 atom stereocenters. The fraction of sp³-hybridized carbons (Fsp3) is 0.400. The molecule has 1 aliphatic rings. The highest BCUT2D eigenvalue weighted by Gasteiger charge is 2.25. The monoisotopic (exact) mass is 513 g/mol. The lowest BCUT2D eigenvalue weighted by Crippen LogP contribution is -2.39. The molecule has 0 saturated carbocycles. The molecule has 4 rings (SSSR count). The summed E-state index contributed by atoms with van der Waals surface area (Å²) in [5.74, 6) is 0.640. The van der Waals surface area contributed by atoms with Crippen molar-refractivity contribution >= 4 is 60.1 Å². The van der Waals surface area contributed by atoms with Gasteiger partial charge < -0.3 is 13.9 Å². The minimum atomic E-state index is -0.239. The number of furan rings is 1. The van der Waals surface area contributed by atoms with Gasteiger partial charge in [-0.05, 0) is 46.6 Å². The van der Waals surface area contributed by atoms with E-state index in [0.717, 1.165) is 44.0 Å². The number of aromatic nitrogens is 1. The molecule has 3 heterocycles. The number of benzene rings is 1. The van der Waals surface area contributed by atoms with Crippen LogP contribution in [0.15, 0.2) is 33.4 Å². The molecular weight excluding hydrogens is 494 g/mol.